The quantitative estimate of drug-likeness (QED) is 0.473. The number of aromatic amines is 1. The molecule has 28 heavy (non-hydrogen) atoms. The maximum atomic E-state index is 11.3. The van der Waals surface area contributed by atoms with Gasteiger partial charge >= 0.3 is 0 Å². The van der Waals surface area contributed by atoms with E-state index in [0.29, 0.717) is 24.5 Å². The summed E-state index contributed by atoms with van der Waals surface area (Å²) in [6.45, 7) is 1.19. The van der Waals surface area contributed by atoms with Gasteiger partial charge < -0.3 is 24.8 Å². The van der Waals surface area contributed by atoms with E-state index in [1.807, 2.05) is 18.2 Å². The first-order valence-corrected chi connectivity index (χ1v) is 10.4. The number of nitrogens with zero attached hydrogens (tertiary/aromatic N) is 2. The third-order valence-corrected chi connectivity index (χ3v) is 5.40. The Morgan fingerprint density at radius 2 is 2.00 bits per heavy atom. The average Bonchev–Trinajstić information content (AvgIpc) is 3.02. The second-order valence-electron chi connectivity index (χ2n) is 6.83. The van der Waals surface area contributed by atoms with Crippen molar-refractivity contribution in [2.45, 2.75) is 6.04 Å². The normalized spacial score (nSPS) is 15.0. The molecule has 9 nitrogen and oxygen atoms in total. The van der Waals surface area contributed by atoms with Crippen LogP contribution >= 0.6 is 0 Å². The molecule has 10 heteroatoms. The molecule has 1 aromatic heterocycles. The van der Waals surface area contributed by atoms with Gasteiger partial charge in [0.25, 0.3) is 0 Å². The van der Waals surface area contributed by atoms with E-state index >= 15 is 0 Å². The van der Waals surface area contributed by atoms with Crippen LogP contribution in [0.4, 0.5) is 5.69 Å². The van der Waals surface area contributed by atoms with Crippen molar-refractivity contribution in [3.8, 4) is 28.6 Å². The number of methoxy groups -OCH3 is 1. The number of benzene rings is 2. The second kappa shape index (κ2) is 6.57. The number of rotatable bonds is 5. The van der Waals surface area contributed by atoms with Crippen molar-refractivity contribution in [3.63, 3.8) is 0 Å². The minimum absolute atomic E-state index is 0.0899. The zero-order valence-electron chi connectivity index (χ0n) is 15.3. The van der Waals surface area contributed by atoms with Gasteiger partial charge in [0.2, 0.25) is 15.8 Å². The second-order valence-corrected chi connectivity index (χ2v) is 8.61. The van der Waals surface area contributed by atoms with Crippen LogP contribution in [-0.4, -0.2) is 61.1 Å². The van der Waals surface area contributed by atoms with Gasteiger partial charge in [0.1, 0.15) is 5.82 Å². The first kappa shape index (κ1) is 18.4. The molecule has 0 bridgehead atoms. The lowest BCUT2D eigenvalue weighted by Gasteiger charge is -2.40. The van der Waals surface area contributed by atoms with Crippen LogP contribution < -0.4 is 14.4 Å². The van der Waals surface area contributed by atoms with Crippen molar-refractivity contribution in [3.05, 3.63) is 30.3 Å². The van der Waals surface area contributed by atoms with Crippen molar-refractivity contribution in [1.29, 1.82) is 0 Å². The van der Waals surface area contributed by atoms with E-state index in [2.05, 4.69) is 19.6 Å². The molecule has 148 valence electrons. The van der Waals surface area contributed by atoms with E-state index in [1.54, 1.807) is 6.07 Å². The van der Waals surface area contributed by atoms with Crippen LogP contribution in [0.2, 0.25) is 0 Å². The van der Waals surface area contributed by atoms with Crippen molar-refractivity contribution in [1.82, 2.24) is 14.7 Å². The van der Waals surface area contributed by atoms with Crippen molar-refractivity contribution < 1.29 is 23.4 Å². The lowest BCUT2D eigenvalue weighted by atomic mass is 10.1. The lowest BCUT2D eigenvalue weighted by molar-refractivity contribution is 0.351. The number of fused-ring (bicyclic) bond motifs is 1. The van der Waals surface area contributed by atoms with Gasteiger partial charge in [-0.25, -0.2) is 18.1 Å². The highest BCUT2D eigenvalue weighted by atomic mass is 32.2. The number of phenolic OH excluding ortho intramolecular Hbond substituents is 2. The standard InChI is InChI=1S/C18H20N4O5S/c1-27-16-6-10(5-15(23)17(16)24)18-19-13-4-3-12(7-14(13)20-18)22-8-11(9-22)21-28(2,25)26/h3-7,11,21,23-24H,8-9H2,1-2H3,(H,19,20). The minimum Gasteiger partial charge on any atom is -0.504 e. The largest absolute Gasteiger partial charge is 0.504 e. The van der Waals surface area contributed by atoms with Gasteiger partial charge in [-0.2, -0.15) is 0 Å². The van der Waals surface area contributed by atoms with Gasteiger partial charge in [0.05, 0.1) is 30.4 Å². The molecule has 0 unspecified atom stereocenters. The monoisotopic (exact) mass is 404 g/mol. The number of ether oxygens (including phenoxy) is 1. The number of hydrogen-bond donors (Lipinski definition) is 4. The molecule has 0 aliphatic carbocycles. The minimum atomic E-state index is -3.21. The Labute approximate surface area is 161 Å². The predicted octanol–water partition coefficient (Wildman–Crippen LogP) is 1.39. The molecule has 4 rings (SSSR count). The number of aromatic hydroxyl groups is 2. The Hall–Kier alpha value is -2.98. The van der Waals surface area contributed by atoms with Crippen LogP contribution in [0.15, 0.2) is 30.3 Å². The number of hydrogen-bond acceptors (Lipinski definition) is 7. The first-order valence-electron chi connectivity index (χ1n) is 8.56. The third kappa shape index (κ3) is 3.43. The molecular formula is C18H20N4O5S. The topological polar surface area (TPSA) is 128 Å². The fourth-order valence-corrected chi connectivity index (χ4v) is 4.03. The molecule has 2 aromatic carbocycles. The first-order chi connectivity index (χ1) is 13.2. The van der Waals surface area contributed by atoms with Crippen molar-refractivity contribution in [2.75, 3.05) is 31.4 Å². The smallest absolute Gasteiger partial charge is 0.209 e. The van der Waals surface area contributed by atoms with Crippen LogP contribution in [0.25, 0.3) is 22.4 Å². The maximum Gasteiger partial charge on any atom is 0.209 e. The van der Waals surface area contributed by atoms with Gasteiger partial charge in [0.15, 0.2) is 11.5 Å². The summed E-state index contributed by atoms with van der Waals surface area (Å²) in [7, 11) is -1.80. The number of nitrogens with one attached hydrogen (secondary N) is 2. The molecule has 0 saturated carbocycles. The number of sulfonamides is 1. The highest BCUT2D eigenvalue weighted by Crippen LogP contribution is 2.39. The molecule has 0 radical (unpaired) electrons. The van der Waals surface area contributed by atoms with E-state index in [9.17, 15) is 18.6 Å². The van der Waals surface area contributed by atoms with E-state index in [-0.39, 0.29) is 23.3 Å². The molecule has 0 spiro atoms. The number of anilines is 1. The van der Waals surface area contributed by atoms with E-state index in [4.69, 9.17) is 4.74 Å². The SMILES string of the molecule is COc1cc(-c2nc3cc(N4CC(NS(C)(=O)=O)C4)ccc3[nH]2)cc(O)c1O. The summed E-state index contributed by atoms with van der Waals surface area (Å²) in [5, 5.41) is 19.7. The zero-order chi connectivity index (χ0) is 20.1. The van der Waals surface area contributed by atoms with Gasteiger partial charge in [-0.3, -0.25) is 0 Å². The number of imidazole rings is 1. The summed E-state index contributed by atoms with van der Waals surface area (Å²) in [6.07, 6.45) is 1.16. The number of phenols is 2. The van der Waals surface area contributed by atoms with E-state index in [1.165, 1.54) is 13.2 Å². The average molecular weight is 404 g/mol. The zero-order valence-corrected chi connectivity index (χ0v) is 16.1. The van der Waals surface area contributed by atoms with Crippen LogP contribution in [0.5, 0.6) is 17.2 Å². The molecule has 1 saturated heterocycles. The highest BCUT2D eigenvalue weighted by molar-refractivity contribution is 7.88. The van der Waals surface area contributed by atoms with E-state index in [0.717, 1.165) is 23.0 Å². The lowest BCUT2D eigenvalue weighted by Crippen LogP contribution is -2.59. The molecule has 1 fully saturated rings. The summed E-state index contributed by atoms with van der Waals surface area (Å²) in [5.74, 6) is 0.0716. The van der Waals surface area contributed by atoms with Crippen LogP contribution in [0.1, 0.15) is 0 Å². The molecular weight excluding hydrogens is 384 g/mol. The van der Waals surface area contributed by atoms with Crippen molar-refractivity contribution >= 4 is 26.7 Å². The van der Waals surface area contributed by atoms with Gasteiger partial charge in [-0.1, -0.05) is 0 Å². The Kier molecular flexibility index (Phi) is 4.31. The summed E-state index contributed by atoms with van der Waals surface area (Å²) in [5.41, 5.74) is 3.07. The van der Waals surface area contributed by atoms with Crippen LogP contribution in [0.3, 0.4) is 0 Å². The predicted molar refractivity (Wildman–Crippen MR) is 105 cm³/mol. The van der Waals surface area contributed by atoms with Crippen molar-refractivity contribution in [2.24, 2.45) is 0 Å². The van der Waals surface area contributed by atoms with Gasteiger partial charge in [-0.05, 0) is 30.3 Å². The Bertz CT molecular complexity index is 1150. The van der Waals surface area contributed by atoms with Gasteiger partial charge in [-0.15, -0.1) is 0 Å². The van der Waals surface area contributed by atoms with Gasteiger partial charge in [0, 0.05) is 24.3 Å². The Morgan fingerprint density at radius 3 is 2.68 bits per heavy atom. The number of aromatic nitrogens is 2. The molecule has 3 aromatic rings. The molecule has 1 aliphatic heterocycles. The molecule has 2 heterocycles. The molecule has 0 amide bonds. The maximum absolute atomic E-state index is 11.3. The summed E-state index contributed by atoms with van der Waals surface area (Å²) in [6, 6.07) is 8.67. The van der Waals surface area contributed by atoms with E-state index < -0.39 is 10.0 Å². The fraction of sp³-hybridized carbons (Fsp3) is 0.278. The number of H-pyrrole nitrogens is 1. The molecule has 4 N–H and O–H groups in total. The summed E-state index contributed by atoms with van der Waals surface area (Å²) in [4.78, 5) is 9.81. The molecule has 1 aliphatic rings. The Morgan fingerprint density at radius 1 is 1.25 bits per heavy atom. The Balaban J connectivity index is 1.59. The fourth-order valence-electron chi connectivity index (χ4n) is 3.28. The summed E-state index contributed by atoms with van der Waals surface area (Å²) >= 11 is 0. The van der Waals surface area contributed by atoms with Crippen LogP contribution in [-0.2, 0) is 10.0 Å². The molecule has 0 atom stereocenters. The third-order valence-electron chi connectivity index (χ3n) is 4.64. The summed E-state index contributed by atoms with van der Waals surface area (Å²) < 4.78 is 30.3. The highest BCUT2D eigenvalue weighted by Gasteiger charge is 2.29. The van der Waals surface area contributed by atoms with Crippen LogP contribution in [0, 0.1) is 0 Å².